The lowest BCUT2D eigenvalue weighted by atomic mass is 9.87. The zero-order valence-corrected chi connectivity index (χ0v) is 14.9. The van der Waals surface area contributed by atoms with Gasteiger partial charge in [0.1, 0.15) is 9.84 Å². The van der Waals surface area contributed by atoms with Gasteiger partial charge < -0.3 is 10.2 Å². The van der Waals surface area contributed by atoms with Gasteiger partial charge in [0, 0.05) is 25.4 Å². The number of piperidine rings is 1. The van der Waals surface area contributed by atoms with E-state index < -0.39 is 9.84 Å². The molecule has 1 aliphatic heterocycles. The van der Waals surface area contributed by atoms with Crippen molar-refractivity contribution >= 4 is 15.9 Å². The number of sulfone groups is 1. The number of likely N-dealkylation sites (tertiary alicyclic amines) is 1. The molecule has 2 fully saturated rings. The number of amides is 2. The average Bonchev–Trinajstić information content (AvgIpc) is 2.46. The summed E-state index contributed by atoms with van der Waals surface area (Å²) < 4.78 is 23.4. The third-order valence-corrected chi connectivity index (χ3v) is 6.97. The first-order valence-corrected chi connectivity index (χ1v) is 10.5. The Bertz CT molecular complexity index is 482. The molecule has 0 aromatic rings. The van der Waals surface area contributed by atoms with Crippen molar-refractivity contribution < 1.29 is 13.2 Å². The highest BCUT2D eigenvalue weighted by Gasteiger charge is 2.31. The molecule has 0 unspecified atom stereocenters. The molecular formula is C16H30N2O3S. The number of urea groups is 1. The van der Waals surface area contributed by atoms with Crippen molar-refractivity contribution in [3.63, 3.8) is 0 Å². The van der Waals surface area contributed by atoms with E-state index in [9.17, 15) is 13.2 Å². The van der Waals surface area contributed by atoms with Crippen LogP contribution in [0, 0.1) is 11.8 Å². The Balaban J connectivity index is 1.82. The Morgan fingerprint density at radius 1 is 1.14 bits per heavy atom. The lowest BCUT2D eigenvalue weighted by Gasteiger charge is -2.36. The monoisotopic (exact) mass is 330 g/mol. The standard InChI is InChI=1S/C16H30N2O3S/c1-12(2)13-7-9-18(10-8-13)16(19)17-14-5-4-6-15(11-14)22(3,20)21/h12-15H,4-11H2,1-3H3,(H,17,19)/t14-,15-/m1/s1. The van der Waals surface area contributed by atoms with Gasteiger partial charge in [0.2, 0.25) is 0 Å². The van der Waals surface area contributed by atoms with Crippen LogP contribution in [0.15, 0.2) is 0 Å². The first-order valence-electron chi connectivity index (χ1n) is 8.51. The Morgan fingerprint density at radius 2 is 1.77 bits per heavy atom. The Kier molecular flexibility index (Phi) is 5.75. The SMILES string of the molecule is CC(C)C1CCN(C(=O)N[C@@H]2CCC[C@@H](S(C)(=O)=O)C2)CC1. The fourth-order valence-corrected chi connectivity index (χ4v) is 4.88. The predicted molar refractivity (Wildman–Crippen MR) is 88.6 cm³/mol. The maximum absolute atomic E-state index is 12.4. The number of nitrogens with one attached hydrogen (secondary N) is 1. The second-order valence-corrected chi connectivity index (χ2v) is 9.66. The molecule has 0 spiro atoms. The minimum atomic E-state index is -3.00. The number of carbonyl (C=O) groups excluding carboxylic acids is 1. The van der Waals surface area contributed by atoms with E-state index in [4.69, 9.17) is 0 Å². The third-order valence-electron chi connectivity index (χ3n) is 5.33. The van der Waals surface area contributed by atoms with Gasteiger partial charge in [-0.05, 0) is 43.9 Å². The van der Waals surface area contributed by atoms with Crippen LogP contribution in [0.4, 0.5) is 4.79 Å². The quantitative estimate of drug-likeness (QED) is 0.864. The highest BCUT2D eigenvalue weighted by molar-refractivity contribution is 7.91. The van der Waals surface area contributed by atoms with Crippen molar-refractivity contribution in [1.82, 2.24) is 10.2 Å². The summed E-state index contributed by atoms with van der Waals surface area (Å²) >= 11 is 0. The molecule has 0 aromatic heterocycles. The summed E-state index contributed by atoms with van der Waals surface area (Å²) in [6.07, 6.45) is 6.50. The van der Waals surface area contributed by atoms with E-state index in [1.165, 1.54) is 6.26 Å². The number of hydrogen-bond acceptors (Lipinski definition) is 3. The molecule has 2 aliphatic rings. The Hall–Kier alpha value is -0.780. The summed E-state index contributed by atoms with van der Waals surface area (Å²) in [6, 6.07) is -0.00912. The fraction of sp³-hybridized carbons (Fsp3) is 0.938. The van der Waals surface area contributed by atoms with Gasteiger partial charge >= 0.3 is 6.03 Å². The van der Waals surface area contributed by atoms with Crippen LogP contribution in [-0.2, 0) is 9.84 Å². The maximum atomic E-state index is 12.4. The van der Waals surface area contributed by atoms with Crippen molar-refractivity contribution in [2.75, 3.05) is 19.3 Å². The van der Waals surface area contributed by atoms with Crippen LogP contribution in [0.25, 0.3) is 0 Å². The number of nitrogens with zero attached hydrogens (tertiary/aromatic N) is 1. The summed E-state index contributed by atoms with van der Waals surface area (Å²) in [5.74, 6) is 1.40. The second kappa shape index (κ2) is 7.20. The number of carbonyl (C=O) groups is 1. The van der Waals surface area contributed by atoms with E-state index in [-0.39, 0.29) is 17.3 Å². The summed E-state index contributed by atoms with van der Waals surface area (Å²) in [5, 5.41) is 2.76. The lowest BCUT2D eigenvalue weighted by Crippen LogP contribution is -2.50. The van der Waals surface area contributed by atoms with E-state index in [0.717, 1.165) is 45.2 Å². The van der Waals surface area contributed by atoms with Crippen molar-refractivity contribution in [3.05, 3.63) is 0 Å². The van der Waals surface area contributed by atoms with E-state index in [2.05, 4.69) is 19.2 Å². The number of rotatable bonds is 3. The highest BCUT2D eigenvalue weighted by Crippen LogP contribution is 2.26. The lowest BCUT2D eigenvalue weighted by molar-refractivity contribution is 0.152. The number of hydrogen-bond donors (Lipinski definition) is 1. The highest BCUT2D eigenvalue weighted by atomic mass is 32.2. The van der Waals surface area contributed by atoms with Crippen LogP contribution in [0.3, 0.4) is 0 Å². The van der Waals surface area contributed by atoms with Gasteiger partial charge in [0.05, 0.1) is 5.25 Å². The van der Waals surface area contributed by atoms with E-state index >= 15 is 0 Å². The zero-order valence-electron chi connectivity index (χ0n) is 14.0. The zero-order chi connectivity index (χ0) is 16.3. The molecule has 0 aromatic carbocycles. The first-order chi connectivity index (χ1) is 10.3. The average molecular weight is 330 g/mol. The van der Waals surface area contributed by atoms with Gasteiger partial charge in [0.15, 0.2) is 0 Å². The molecule has 2 amide bonds. The summed E-state index contributed by atoms with van der Waals surface area (Å²) in [6.45, 7) is 6.12. The van der Waals surface area contributed by atoms with E-state index in [1.54, 1.807) is 0 Å². The minimum Gasteiger partial charge on any atom is -0.335 e. The van der Waals surface area contributed by atoms with Crippen LogP contribution in [0.2, 0.25) is 0 Å². The normalized spacial score (nSPS) is 27.9. The molecule has 2 rings (SSSR count). The summed E-state index contributed by atoms with van der Waals surface area (Å²) in [7, 11) is -3.00. The van der Waals surface area contributed by atoms with Crippen LogP contribution < -0.4 is 5.32 Å². The minimum absolute atomic E-state index is 0.00352. The van der Waals surface area contributed by atoms with Crippen LogP contribution in [-0.4, -0.2) is 50.0 Å². The van der Waals surface area contributed by atoms with Crippen LogP contribution >= 0.6 is 0 Å². The second-order valence-electron chi connectivity index (χ2n) is 7.33. The van der Waals surface area contributed by atoms with Crippen molar-refractivity contribution in [2.45, 2.75) is 63.7 Å². The molecule has 2 atom stereocenters. The largest absolute Gasteiger partial charge is 0.335 e. The van der Waals surface area contributed by atoms with E-state index in [1.807, 2.05) is 4.90 Å². The van der Waals surface area contributed by atoms with E-state index in [0.29, 0.717) is 18.3 Å². The van der Waals surface area contributed by atoms with Gasteiger partial charge in [-0.1, -0.05) is 20.3 Å². The smallest absolute Gasteiger partial charge is 0.317 e. The molecule has 1 heterocycles. The van der Waals surface area contributed by atoms with Gasteiger partial charge in [-0.3, -0.25) is 0 Å². The fourth-order valence-electron chi connectivity index (χ4n) is 3.70. The van der Waals surface area contributed by atoms with Gasteiger partial charge in [-0.2, -0.15) is 0 Å². The molecule has 6 heteroatoms. The Morgan fingerprint density at radius 3 is 2.32 bits per heavy atom. The van der Waals surface area contributed by atoms with Crippen molar-refractivity contribution in [3.8, 4) is 0 Å². The maximum Gasteiger partial charge on any atom is 0.317 e. The molecule has 5 nitrogen and oxygen atoms in total. The predicted octanol–water partition coefficient (Wildman–Crippen LogP) is 2.42. The first kappa shape index (κ1) is 17.6. The van der Waals surface area contributed by atoms with Crippen LogP contribution in [0.5, 0.6) is 0 Å². The topological polar surface area (TPSA) is 66.5 Å². The Labute approximate surface area is 134 Å². The molecule has 1 saturated heterocycles. The molecular weight excluding hydrogens is 300 g/mol. The van der Waals surface area contributed by atoms with Crippen molar-refractivity contribution in [2.24, 2.45) is 11.8 Å². The van der Waals surface area contributed by atoms with Gasteiger partial charge in [-0.15, -0.1) is 0 Å². The molecule has 128 valence electrons. The van der Waals surface area contributed by atoms with Crippen LogP contribution in [0.1, 0.15) is 52.4 Å². The molecule has 1 saturated carbocycles. The summed E-state index contributed by atoms with van der Waals surface area (Å²) in [4.78, 5) is 14.3. The molecule has 1 aliphatic carbocycles. The summed E-state index contributed by atoms with van der Waals surface area (Å²) in [5.41, 5.74) is 0. The molecule has 1 N–H and O–H groups in total. The van der Waals surface area contributed by atoms with Gasteiger partial charge in [-0.25, -0.2) is 13.2 Å². The van der Waals surface area contributed by atoms with Crippen molar-refractivity contribution in [1.29, 1.82) is 0 Å². The van der Waals surface area contributed by atoms with Gasteiger partial charge in [0.25, 0.3) is 0 Å². The molecule has 22 heavy (non-hydrogen) atoms. The third kappa shape index (κ3) is 4.61. The molecule has 0 bridgehead atoms. The molecule has 0 radical (unpaired) electrons.